The molecule has 2 aromatic heterocycles. The third kappa shape index (κ3) is 2.21. The van der Waals surface area contributed by atoms with Crippen LogP contribution in [0.5, 0.6) is 0 Å². The first kappa shape index (κ1) is 12.2. The average Bonchev–Trinajstić information content (AvgIpc) is 2.90. The zero-order valence-electron chi connectivity index (χ0n) is 10.8. The van der Waals surface area contributed by atoms with Gasteiger partial charge >= 0.3 is 5.97 Å². The molecule has 19 heavy (non-hydrogen) atoms. The molecule has 1 fully saturated rings. The second kappa shape index (κ2) is 5.01. The van der Waals surface area contributed by atoms with Gasteiger partial charge in [0.2, 0.25) is 0 Å². The maximum atomic E-state index is 11.6. The minimum atomic E-state index is -0.401. The van der Waals surface area contributed by atoms with Crippen LogP contribution < -0.4 is 0 Å². The fourth-order valence-corrected chi connectivity index (χ4v) is 2.50. The van der Waals surface area contributed by atoms with Crippen LogP contribution in [0.25, 0.3) is 11.0 Å². The molecule has 0 radical (unpaired) electrons. The molecule has 1 aliphatic heterocycles. The molecule has 3 heterocycles. The number of hydrogen-bond acceptors (Lipinski definition) is 4. The minimum Gasteiger partial charge on any atom is -0.464 e. The van der Waals surface area contributed by atoms with Gasteiger partial charge in [0.15, 0.2) is 5.69 Å². The molecule has 0 spiro atoms. The van der Waals surface area contributed by atoms with Crippen molar-refractivity contribution in [2.45, 2.75) is 18.9 Å². The minimum absolute atomic E-state index is 0.349. The molecule has 0 N–H and O–H groups in total. The van der Waals surface area contributed by atoms with Crippen LogP contribution >= 0.6 is 0 Å². The summed E-state index contributed by atoms with van der Waals surface area (Å²) in [5.41, 5.74) is 1.19. The Kier molecular flexibility index (Phi) is 3.21. The molecule has 0 saturated carbocycles. The van der Waals surface area contributed by atoms with Gasteiger partial charge in [-0.25, -0.2) is 9.78 Å². The lowest BCUT2D eigenvalue weighted by molar-refractivity contribution is 0.0593. The van der Waals surface area contributed by atoms with Crippen molar-refractivity contribution in [1.82, 2.24) is 9.55 Å². The molecule has 3 rings (SSSR count). The van der Waals surface area contributed by atoms with E-state index in [4.69, 9.17) is 9.47 Å². The predicted molar refractivity (Wildman–Crippen MR) is 70.2 cm³/mol. The van der Waals surface area contributed by atoms with Gasteiger partial charge in [-0.05, 0) is 31.0 Å². The first-order valence-corrected chi connectivity index (χ1v) is 6.43. The molecule has 0 amide bonds. The highest BCUT2D eigenvalue weighted by Crippen LogP contribution is 2.26. The number of ether oxygens (including phenoxy) is 2. The lowest BCUT2D eigenvalue weighted by Gasteiger charge is -2.24. The van der Waals surface area contributed by atoms with Gasteiger partial charge in [0, 0.05) is 30.8 Å². The highest BCUT2D eigenvalue weighted by atomic mass is 16.5. The lowest BCUT2D eigenvalue weighted by Crippen LogP contribution is -2.19. The van der Waals surface area contributed by atoms with Gasteiger partial charge in [-0.1, -0.05) is 0 Å². The van der Waals surface area contributed by atoms with Gasteiger partial charge in [0.1, 0.15) is 5.65 Å². The molecular formula is C14H16N2O3. The number of aromatic nitrogens is 2. The molecule has 100 valence electrons. The van der Waals surface area contributed by atoms with E-state index in [0.29, 0.717) is 11.7 Å². The Morgan fingerprint density at radius 1 is 1.37 bits per heavy atom. The molecule has 1 saturated heterocycles. The molecule has 0 atom stereocenters. The highest BCUT2D eigenvalue weighted by molar-refractivity contribution is 5.90. The third-order valence-corrected chi connectivity index (χ3v) is 3.54. The highest BCUT2D eigenvalue weighted by Gasteiger charge is 2.18. The second-order valence-corrected chi connectivity index (χ2v) is 4.67. The van der Waals surface area contributed by atoms with Gasteiger partial charge in [0.25, 0.3) is 0 Å². The second-order valence-electron chi connectivity index (χ2n) is 4.67. The van der Waals surface area contributed by atoms with Crippen LogP contribution in [0.4, 0.5) is 0 Å². The van der Waals surface area contributed by atoms with Crippen molar-refractivity contribution in [3.8, 4) is 0 Å². The SMILES string of the molecule is COC(=O)c1ccc2ccn(C3CCOCC3)c2n1. The first-order valence-electron chi connectivity index (χ1n) is 6.43. The van der Waals surface area contributed by atoms with Crippen LogP contribution in [0.15, 0.2) is 24.4 Å². The van der Waals surface area contributed by atoms with Crippen LogP contribution in [-0.4, -0.2) is 35.8 Å². The number of esters is 1. The summed E-state index contributed by atoms with van der Waals surface area (Å²) in [6.45, 7) is 1.56. The van der Waals surface area contributed by atoms with E-state index < -0.39 is 5.97 Å². The quantitative estimate of drug-likeness (QED) is 0.777. The fourth-order valence-electron chi connectivity index (χ4n) is 2.50. The van der Waals surface area contributed by atoms with Gasteiger partial charge in [-0.2, -0.15) is 0 Å². The van der Waals surface area contributed by atoms with Crippen molar-refractivity contribution < 1.29 is 14.3 Å². The summed E-state index contributed by atoms with van der Waals surface area (Å²) in [6, 6.07) is 6.03. The Hall–Kier alpha value is -1.88. The van der Waals surface area contributed by atoms with Crippen molar-refractivity contribution in [3.05, 3.63) is 30.1 Å². The summed E-state index contributed by atoms with van der Waals surface area (Å²) < 4.78 is 12.2. The molecule has 5 heteroatoms. The van der Waals surface area contributed by atoms with E-state index in [-0.39, 0.29) is 0 Å². The molecule has 0 bridgehead atoms. The Balaban J connectivity index is 2.02. The summed E-state index contributed by atoms with van der Waals surface area (Å²) >= 11 is 0. The molecule has 5 nitrogen and oxygen atoms in total. The van der Waals surface area contributed by atoms with Crippen molar-refractivity contribution >= 4 is 17.0 Å². The van der Waals surface area contributed by atoms with Crippen molar-refractivity contribution in [3.63, 3.8) is 0 Å². The smallest absolute Gasteiger partial charge is 0.356 e. The molecule has 0 unspecified atom stereocenters. The zero-order chi connectivity index (χ0) is 13.2. The lowest BCUT2D eigenvalue weighted by atomic mass is 10.1. The Morgan fingerprint density at radius 2 is 2.16 bits per heavy atom. The maximum absolute atomic E-state index is 11.6. The number of methoxy groups -OCH3 is 1. The molecule has 0 aromatic carbocycles. The number of rotatable bonds is 2. The summed E-state index contributed by atoms with van der Waals surface area (Å²) in [4.78, 5) is 16.0. The van der Waals surface area contributed by atoms with E-state index in [9.17, 15) is 4.79 Å². The van der Waals surface area contributed by atoms with Crippen LogP contribution in [0.2, 0.25) is 0 Å². The van der Waals surface area contributed by atoms with E-state index in [0.717, 1.165) is 37.1 Å². The van der Waals surface area contributed by atoms with E-state index in [1.165, 1.54) is 7.11 Å². The van der Waals surface area contributed by atoms with E-state index in [1.54, 1.807) is 6.07 Å². The van der Waals surface area contributed by atoms with Crippen molar-refractivity contribution in [1.29, 1.82) is 0 Å². The Labute approximate surface area is 111 Å². The van der Waals surface area contributed by atoms with E-state index in [2.05, 4.69) is 9.55 Å². The van der Waals surface area contributed by atoms with Crippen LogP contribution in [0.3, 0.4) is 0 Å². The van der Waals surface area contributed by atoms with Gasteiger partial charge in [-0.15, -0.1) is 0 Å². The number of nitrogens with zero attached hydrogens (tertiary/aromatic N) is 2. The third-order valence-electron chi connectivity index (χ3n) is 3.54. The average molecular weight is 260 g/mol. The molecule has 1 aliphatic rings. The zero-order valence-corrected chi connectivity index (χ0v) is 10.8. The standard InChI is InChI=1S/C14H16N2O3/c1-18-14(17)12-3-2-10-4-7-16(13(10)15-12)11-5-8-19-9-6-11/h2-4,7,11H,5-6,8-9H2,1H3. The molecular weight excluding hydrogens is 244 g/mol. The Bertz CT molecular complexity index is 600. The van der Waals surface area contributed by atoms with E-state index in [1.807, 2.05) is 18.3 Å². The summed E-state index contributed by atoms with van der Waals surface area (Å²) in [6.07, 6.45) is 4.00. The normalized spacial score (nSPS) is 16.7. The van der Waals surface area contributed by atoms with Crippen LogP contribution in [0.1, 0.15) is 29.4 Å². The predicted octanol–water partition coefficient (Wildman–Crippen LogP) is 2.17. The molecule has 0 aliphatic carbocycles. The number of hydrogen-bond donors (Lipinski definition) is 0. The topological polar surface area (TPSA) is 53.4 Å². The number of carbonyl (C=O) groups excluding carboxylic acids is 1. The van der Waals surface area contributed by atoms with Crippen molar-refractivity contribution in [2.75, 3.05) is 20.3 Å². The van der Waals surface area contributed by atoms with Crippen molar-refractivity contribution in [2.24, 2.45) is 0 Å². The summed E-state index contributed by atoms with van der Waals surface area (Å²) in [5, 5.41) is 1.04. The Morgan fingerprint density at radius 3 is 2.89 bits per heavy atom. The monoisotopic (exact) mass is 260 g/mol. The maximum Gasteiger partial charge on any atom is 0.356 e. The number of fused-ring (bicyclic) bond motifs is 1. The van der Waals surface area contributed by atoms with Crippen LogP contribution in [0, 0.1) is 0 Å². The van der Waals surface area contributed by atoms with Gasteiger partial charge in [-0.3, -0.25) is 0 Å². The number of pyridine rings is 1. The number of carbonyl (C=O) groups is 1. The fraction of sp³-hybridized carbons (Fsp3) is 0.429. The summed E-state index contributed by atoms with van der Waals surface area (Å²) in [7, 11) is 1.37. The van der Waals surface area contributed by atoms with Gasteiger partial charge in [0.05, 0.1) is 7.11 Å². The first-order chi connectivity index (χ1) is 9.29. The van der Waals surface area contributed by atoms with E-state index >= 15 is 0 Å². The molecule has 2 aromatic rings. The van der Waals surface area contributed by atoms with Gasteiger partial charge < -0.3 is 14.0 Å². The largest absolute Gasteiger partial charge is 0.464 e. The van der Waals surface area contributed by atoms with Crippen LogP contribution in [-0.2, 0) is 9.47 Å². The summed E-state index contributed by atoms with van der Waals surface area (Å²) in [5.74, 6) is -0.401.